The van der Waals surface area contributed by atoms with Crippen LogP contribution in [-0.2, 0) is 6.42 Å². The third-order valence-corrected chi connectivity index (χ3v) is 3.62. The molecule has 0 aliphatic heterocycles. The van der Waals surface area contributed by atoms with Crippen LogP contribution in [0.25, 0.3) is 0 Å². The zero-order chi connectivity index (χ0) is 10.4. The van der Waals surface area contributed by atoms with Crippen LogP contribution < -0.4 is 0 Å². The molecule has 2 aliphatic carbocycles. The van der Waals surface area contributed by atoms with Crippen LogP contribution in [0.4, 0.5) is 0 Å². The first-order valence-corrected chi connectivity index (χ1v) is 5.70. The molecule has 2 atom stereocenters. The van der Waals surface area contributed by atoms with E-state index in [4.69, 9.17) is 0 Å². The predicted molar refractivity (Wildman–Crippen MR) is 64.0 cm³/mol. The fraction of sp³-hybridized carbons (Fsp3) is 0.333. The molecule has 0 saturated carbocycles. The van der Waals surface area contributed by atoms with Crippen molar-refractivity contribution in [3.8, 4) is 0 Å². The van der Waals surface area contributed by atoms with Crippen molar-refractivity contribution in [2.45, 2.75) is 26.2 Å². The molecule has 2 aliphatic rings. The SMILES string of the molecule is CC1=CC2Cc3cc(C)ccc3C2C=C1. The van der Waals surface area contributed by atoms with Crippen molar-refractivity contribution in [2.75, 3.05) is 0 Å². The van der Waals surface area contributed by atoms with Crippen LogP contribution in [0.15, 0.2) is 42.0 Å². The monoisotopic (exact) mass is 196 g/mol. The average Bonchev–Trinajstić information content (AvgIpc) is 2.53. The maximum atomic E-state index is 2.43. The van der Waals surface area contributed by atoms with Crippen molar-refractivity contribution in [2.24, 2.45) is 5.92 Å². The smallest absolute Gasteiger partial charge is 0.00901 e. The fourth-order valence-electron chi connectivity index (χ4n) is 2.91. The van der Waals surface area contributed by atoms with Crippen LogP contribution in [0.5, 0.6) is 0 Å². The van der Waals surface area contributed by atoms with E-state index in [9.17, 15) is 0 Å². The van der Waals surface area contributed by atoms with E-state index < -0.39 is 0 Å². The Hall–Kier alpha value is -1.30. The highest BCUT2D eigenvalue weighted by Crippen LogP contribution is 2.42. The van der Waals surface area contributed by atoms with E-state index in [0.717, 1.165) is 0 Å². The molecule has 0 saturated heterocycles. The second-order valence-electron chi connectivity index (χ2n) is 4.87. The van der Waals surface area contributed by atoms with Gasteiger partial charge in [0.2, 0.25) is 0 Å². The van der Waals surface area contributed by atoms with Gasteiger partial charge in [0.15, 0.2) is 0 Å². The molecule has 1 aromatic rings. The number of aryl methyl sites for hydroxylation is 1. The van der Waals surface area contributed by atoms with Crippen molar-refractivity contribution in [1.82, 2.24) is 0 Å². The minimum atomic E-state index is 0.643. The van der Waals surface area contributed by atoms with Crippen LogP contribution in [0.2, 0.25) is 0 Å². The summed E-state index contributed by atoms with van der Waals surface area (Å²) in [5.41, 5.74) is 5.91. The lowest BCUT2D eigenvalue weighted by Crippen LogP contribution is -2.06. The molecular weight excluding hydrogens is 180 g/mol. The summed E-state index contributed by atoms with van der Waals surface area (Å²) in [6, 6.07) is 6.90. The predicted octanol–water partition coefficient (Wildman–Crippen LogP) is 3.77. The van der Waals surface area contributed by atoms with Gasteiger partial charge in [-0.1, -0.05) is 47.6 Å². The first kappa shape index (κ1) is 8.96. The number of allylic oxidation sites excluding steroid dienone is 4. The Balaban J connectivity index is 2.07. The van der Waals surface area contributed by atoms with Crippen molar-refractivity contribution < 1.29 is 0 Å². The first-order chi connectivity index (χ1) is 7.24. The molecule has 0 nitrogen and oxygen atoms in total. The van der Waals surface area contributed by atoms with Gasteiger partial charge in [-0.15, -0.1) is 0 Å². The number of hydrogen-bond acceptors (Lipinski definition) is 0. The van der Waals surface area contributed by atoms with Crippen molar-refractivity contribution >= 4 is 0 Å². The Morgan fingerprint density at radius 1 is 1.20 bits per heavy atom. The molecule has 3 rings (SSSR count). The number of rotatable bonds is 0. The highest BCUT2D eigenvalue weighted by atomic mass is 14.3. The number of hydrogen-bond donors (Lipinski definition) is 0. The highest BCUT2D eigenvalue weighted by Gasteiger charge is 2.30. The summed E-state index contributed by atoms with van der Waals surface area (Å²) in [4.78, 5) is 0. The van der Waals surface area contributed by atoms with Gasteiger partial charge in [0, 0.05) is 5.92 Å². The van der Waals surface area contributed by atoms with Gasteiger partial charge in [0.25, 0.3) is 0 Å². The van der Waals surface area contributed by atoms with E-state index in [1.165, 1.54) is 17.6 Å². The second-order valence-corrected chi connectivity index (χ2v) is 4.87. The van der Waals surface area contributed by atoms with Crippen LogP contribution in [0.3, 0.4) is 0 Å². The molecule has 0 aromatic heterocycles. The lowest BCUT2D eigenvalue weighted by molar-refractivity contribution is 0.625. The molecular formula is C15H16. The standard InChI is InChI=1S/C15H16/c1-10-3-5-14-12(7-10)9-13-8-11(2)4-6-15(13)14/h3-8,12,14H,9H2,1-2H3. The molecule has 0 N–H and O–H groups in total. The summed E-state index contributed by atoms with van der Waals surface area (Å²) in [6.07, 6.45) is 8.29. The van der Waals surface area contributed by atoms with Gasteiger partial charge in [-0.05, 0) is 37.3 Å². The summed E-state index contributed by atoms with van der Waals surface area (Å²) >= 11 is 0. The minimum absolute atomic E-state index is 0.643. The normalized spacial score (nSPS) is 27.2. The molecule has 1 aromatic carbocycles. The molecule has 2 unspecified atom stereocenters. The zero-order valence-corrected chi connectivity index (χ0v) is 9.33. The Morgan fingerprint density at radius 2 is 2.07 bits per heavy atom. The molecule has 0 fully saturated rings. The van der Waals surface area contributed by atoms with E-state index in [-0.39, 0.29) is 0 Å². The number of benzene rings is 1. The Bertz CT molecular complexity index is 463. The molecule has 0 heterocycles. The Kier molecular flexibility index (Phi) is 1.85. The van der Waals surface area contributed by atoms with Crippen molar-refractivity contribution in [1.29, 1.82) is 0 Å². The van der Waals surface area contributed by atoms with Gasteiger partial charge in [-0.2, -0.15) is 0 Å². The second kappa shape index (κ2) is 3.10. The molecule has 0 heteroatoms. The van der Waals surface area contributed by atoms with Crippen LogP contribution in [0, 0.1) is 12.8 Å². The van der Waals surface area contributed by atoms with Gasteiger partial charge in [-0.25, -0.2) is 0 Å². The third kappa shape index (κ3) is 1.36. The summed E-state index contributed by atoms with van der Waals surface area (Å²) in [5.74, 6) is 1.36. The van der Waals surface area contributed by atoms with Crippen LogP contribution in [-0.4, -0.2) is 0 Å². The van der Waals surface area contributed by atoms with E-state index >= 15 is 0 Å². The molecule has 0 bridgehead atoms. The lowest BCUT2D eigenvalue weighted by atomic mass is 9.86. The van der Waals surface area contributed by atoms with Crippen molar-refractivity contribution in [3.63, 3.8) is 0 Å². The summed E-state index contributed by atoms with van der Waals surface area (Å²) in [6.45, 7) is 4.38. The van der Waals surface area contributed by atoms with Gasteiger partial charge in [0.1, 0.15) is 0 Å². The lowest BCUT2D eigenvalue weighted by Gasteiger charge is -2.18. The topological polar surface area (TPSA) is 0 Å². The van der Waals surface area contributed by atoms with Crippen LogP contribution in [0.1, 0.15) is 29.5 Å². The first-order valence-electron chi connectivity index (χ1n) is 5.70. The molecule has 0 radical (unpaired) electrons. The van der Waals surface area contributed by atoms with Crippen molar-refractivity contribution in [3.05, 3.63) is 58.7 Å². The summed E-state index contributed by atoms with van der Waals surface area (Å²) in [5, 5.41) is 0. The van der Waals surface area contributed by atoms with E-state index in [0.29, 0.717) is 11.8 Å². The maximum absolute atomic E-state index is 2.43. The summed E-state index contributed by atoms with van der Waals surface area (Å²) < 4.78 is 0. The molecule has 0 spiro atoms. The fourth-order valence-corrected chi connectivity index (χ4v) is 2.91. The summed E-state index contributed by atoms with van der Waals surface area (Å²) in [7, 11) is 0. The highest BCUT2D eigenvalue weighted by molar-refractivity contribution is 5.45. The molecule has 76 valence electrons. The number of fused-ring (bicyclic) bond motifs is 3. The van der Waals surface area contributed by atoms with Gasteiger partial charge in [-0.3, -0.25) is 0 Å². The zero-order valence-electron chi connectivity index (χ0n) is 9.33. The average molecular weight is 196 g/mol. The quantitative estimate of drug-likeness (QED) is 0.592. The minimum Gasteiger partial charge on any atom is -0.0772 e. The third-order valence-electron chi connectivity index (χ3n) is 3.62. The van der Waals surface area contributed by atoms with Gasteiger partial charge >= 0.3 is 0 Å². The van der Waals surface area contributed by atoms with Gasteiger partial charge < -0.3 is 0 Å². The Labute approximate surface area is 91.3 Å². The molecule has 15 heavy (non-hydrogen) atoms. The largest absolute Gasteiger partial charge is 0.0772 e. The van der Waals surface area contributed by atoms with Gasteiger partial charge in [0.05, 0.1) is 0 Å². The van der Waals surface area contributed by atoms with E-state index in [2.05, 4.69) is 50.3 Å². The molecule has 0 amide bonds. The van der Waals surface area contributed by atoms with E-state index in [1.807, 2.05) is 0 Å². The Morgan fingerprint density at radius 3 is 2.93 bits per heavy atom. The van der Waals surface area contributed by atoms with E-state index in [1.54, 1.807) is 11.1 Å². The maximum Gasteiger partial charge on any atom is 0.00901 e. The van der Waals surface area contributed by atoms with Crippen LogP contribution >= 0.6 is 0 Å².